The van der Waals surface area contributed by atoms with Crippen LogP contribution in [0.2, 0.25) is 0 Å². The standard InChI is InChI=1S/C14H15N3O3/c1-10-8-14(16-9-13(10)17(18)19)20-12-4-2-11(3-5-12)6-7-15/h2-5,8-9H,6-7,15H2,1H3. The van der Waals surface area contributed by atoms with Crippen LogP contribution in [0.3, 0.4) is 0 Å². The van der Waals surface area contributed by atoms with Crippen LogP contribution in [0, 0.1) is 17.0 Å². The van der Waals surface area contributed by atoms with Crippen molar-refractivity contribution < 1.29 is 9.66 Å². The van der Waals surface area contributed by atoms with Crippen molar-refractivity contribution in [2.45, 2.75) is 13.3 Å². The molecule has 0 saturated carbocycles. The van der Waals surface area contributed by atoms with Crippen LogP contribution in [0.1, 0.15) is 11.1 Å². The zero-order chi connectivity index (χ0) is 14.5. The van der Waals surface area contributed by atoms with E-state index in [1.54, 1.807) is 13.0 Å². The van der Waals surface area contributed by atoms with E-state index >= 15 is 0 Å². The first-order valence-electron chi connectivity index (χ1n) is 6.18. The van der Waals surface area contributed by atoms with Gasteiger partial charge in [0.15, 0.2) is 0 Å². The van der Waals surface area contributed by atoms with Crippen molar-refractivity contribution in [1.29, 1.82) is 0 Å². The second-order valence-corrected chi connectivity index (χ2v) is 4.35. The number of rotatable bonds is 5. The van der Waals surface area contributed by atoms with Crippen molar-refractivity contribution >= 4 is 5.69 Å². The number of ether oxygens (including phenoxy) is 1. The molecule has 0 unspecified atom stereocenters. The first-order valence-corrected chi connectivity index (χ1v) is 6.18. The molecule has 0 fully saturated rings. The topological polar surface area (TPSA) is 91.3 Å². The van der Waals surface area contributed by atoms with Gasteiger partial charge in [0.05, 0.1) is 4.92 Å². The SMILES string of the molecule is Cc1cc(Oc2ccc(CCN)cc2)ncc1[N+](=O)[O-]. The summed E-state index contributed by atoms with van der Waals surface area (Å²) in [6.07, 6.45) is 2.02. The first-order chi connectivity index (χ1) is 9.60. The van der Waals surface area contributed by atoms with Gasteiger partial charge in [0.25, 0.3) is 5.69 Å². The van der Waals surface area contributed by atoms with Crippen LogP contribution in [0.4, 0.5) is 5.69 Å². The van der Waals surface area contributed by atoms with Gasteiger partial charge >= 0.3 is 0 Å². The van der Waals surface area contributed by atoms with Crippen molar-refractivity contribution in [3.8, 4) is 11.6 Å². The average molecular weight is 273 g/mol. The highest BCUT2D eigenvalue weighted by atomic mass is 16.6. The van der Waals surface area contributed by atoms with Crippen LogP contribution >= 0.6 is 0 Å². The zero-order valence-corrected chi connectivity index (χ0v) is 11.1. The highest BCUT2D eigenvalue weighted by Gasteiger charge is 2.12. The van der Waals surface area contributed by atoms with Gasteiger partial charge in [0, 0.05) is 11.6 Å². The molecule has 1 heterocycles. The van der Waals surface area contributed by atoms with Crippen molar-refractivity contribution in [2.24, 2.45) is 5.73 Å². The minimum absolute atomic E-state index is 0.0179. The number of hydrogen-bond acceptors (Lipinski definition) is 5. The van der Waals surface area contributed by atoms with Crippen LogP contribution in [-0.2, 0) is 6.42 Å². The predicted molar refractivity (Wildman–Crippen MR) is 74.9 cm³/mol. The van der Waals surface area contributed by atoms with E-state index in [1.165, 1.54) is 6.20 Å². The third-order valence-electron chi connectivity index (χ3n) is 2.83. The van der Waals surface area contributed by atoms with Gasteiger partial charge in [-0.2, -0.15) is 0 Å². The monoisotopic (exact) mass is 273 g/mol. The maximum absolute atomic E-state index is 10.7. The lowest BCUT2D eigenvalue weighted by Gasteiger charge is -2.06. The van der Waals surface area contributed by atoms with Gasteiger partial charge in [-0.3, -0.25) is 10.1 Å². The molecule has 20 heavy (non-hydrogen) atoms. The van der Waals surface area contributed by atoms with E-state index in [9.17, 15) is 10.1 Å². The largest absolute Gasteiger partial charge is 0.439 e. The Balaban J connectivity index is 2.13. The van der Waals surface area contributed by atoms with Gasteiger partial charge in [-0.15, -0.1) is 0 Å². The van der Waals surface area contributed by atoms with Gasteiger partial charge in [-0.05, 0) is 37.6 Å². The van der Waals surface area contributed by atoms with Crippen LogP contribution in [0.15, 0.2) is 36.5 Å². The molecule has 0 aliphatic carbocycles. The molecule has 104 valence electrons. The average Bonchev–Trinajstić information content (AvgIpc) is 2.41. The van der Waals surface area contributed by atoms with Gasteiger partial charge in [-0.25, -0.2) is 4.98 Å². The Bertz CT molecular complexity index is 612. The first kappa shape index (κ1) is 14.0. The second kappa shape index (κ2) is 6.12. The summed E-state index contributed by atoms with van der Waals surface area (Å²) in [6.45, 7) is 2.25. The van der Waals surface area contributed by atoms with Gasteiger partial charge in [0.2, 0.25) is 5.88 Å². The predicted octanol–water partition coefficient (Wildman–Crippen LogP) is 2.59. The Labute approximate surface area is 116 Å². The number of nitro groups is 1. The molecule has 2 aromatic rings. The molecular weight excluding hydrogens is 258 g/mol. The van der Waals surface area contributed by atoms with Crippen LogP contribution in [-0.4, -0.2) is 16.5 Å². The number of pyridine rings is 1. The summed E-state index contributed by atoms with van der Waals surface area (Å²) >= 11 is 0. The minimum Gasteiger partial charge on any atom is -0.439 e. The van der Waals surface area contributed by atoms with Crippen molar-refractivity contribution in [3.63, 3.8) is 0 Å². The van der Waals surface area contributed by atoms with Crippen LogP contribution in [0.5, 0.6) is 11.6 Å². The van der Waals surface area contributed by atoms with Crippen molar-refractivity contribution in [2.75, 3.05) is 6.54 Å². The summed E-state index contributed by atoms with van der Waals surface area (Å²) in [4.78, 5) is 14.2. The van der Waals surface area contributed by atoms with E-state index in [-0.39, 0.29) is 5.69 Å². The van der Waals surface area contributed by atoms with Crippen LogP contribution < -0.4 is 10.5 Å². The van der Waals surface area contributed by atoms with Gasteiger partial charge in [-0.1, -0.05) is 12.1 Å². The van der Waals surface area contributed by atoms with E-state index in [0.717, 1.165) is 12.0 Å². The Morgan fingerprint density at radius 2 is 2.05 bits per heavy atom. The molecule has 0 aliphatic rings. The Morgan fingerprint density at radius 1 is 1.35 bits per heavy atom. The number of aromatic nitrogens is 1. The molecular formula is C14H15N3O3. The van der Waals surface area contributed by atoms with E-state index < -0.39 is 4.92 Å². The highest BCUT2D eigenvalue weighted by molar-refractivity contribution is 5.40. The van der Waals surface area contributed by atoms with E-state index in [1.807, 2.05) is 24.3 Å². The summed E-state index contributed by atoms with van der Waals surface area (Å²) in [5.41, 5.74) is 7.11. The summed E-state index contributed by atoms with van der Waals surface area (Å²) in [6, 6.07) is 9.06. The van der Waals surface area contributed by atoms with Gasteiger partial charge < -0.3 is 10.5 Å². The summed E-state index contributed by atoms with van der Waals surface area (Å²) in [5, 5.41) is 10.7. The van der Waals surface area contributed by atoms with E-state index in [2.05, 4.69) is 4.98 Å². The Morgan fingerprint density at radius 3 is 2.60 bits per heavy atom. The highest BCUT2D eigenvalue weighted by Crippen LogP contribution is 2.24. The van der Waals surface area contributed by atoms with E-state index in [4.69, 9.17) is 10.5 Å². The molecule has 0 aliphatic heterocycles. The number of benzene rings is 1. The molecule has 6 heteroatoms. The minimum atomic E-state index is -0.465. The fourth-order valence-electron chi connectivity index (χ4n) is 1.78. The van der Waals surface area contributed by atoms with E-state index in [0.29, 0.717) is 23.7 Å². The summed E-state index contributed by atoms with van der Waals surface area (Å²) in [7, 11) is 0. The molecule has 2 N–H and O–H groups in total. The number of nitrogens with two attached hydrogens (primary N) is 1. The maximum atomic E-state index is 10.7. The number of aryl methyl sites for hydroxylation is 1. The Kier molecular flexibility index (Phi) is 4.27. The fraction of sp³-hybridized carbons (Fsp3) is 0.214. The fourth-order valence-corrected chi connectivity index (χ4v) is 1.78. The molecule has 0 atom stereocenters. The molecule has 0 amide bonds. The number of hydrogen-bond donors (Lipinski definition) is 1. The second-order valence-electron chi connectivity index (χ2n) is 4.35. The lowest BCUT2D eigenvalue weighted by atomic mass is 10.1. The molecule has 0 radical (unpaired) electrons. The van der Waals surface area contributed by atoms with Crippen molar-refractivity contribution in [1.82, 2.24) is 4.98 Å². The van der Waals surface area contributed by atoms with Crippen LogP contribution in [0.25, 0.3) is 0 Å². The lowest BCUT2D eigenvalue weighted by molar-refractivity contribution is -0.385. The summed E-state index contributed by atoms with van der Waals surface area (Å²) < 4.78 is 5.56. The quantitative estimate of drug-likeness (QED) is 0.667. The zero-order valence-electron chi connectivity index (χ0n) is 11.1. The molecule has 0 spiro atoms. The lowest BCUT2D eigenvalue weighted by Crippen LogP contribution is -2.02. The third kappa shape index (κ3) is 3.30. The summed E-state index contributed by atoms with van der Waals surface area (Å²) in [5.74, 6) is 0.964. The van der Waals surface area contributed by atoms with Crippen molar-refractivity contribution in [3.05, 3.63) is 57.8 Å². The molecule has 1 aromatic heterocycles. The molecule has 6 nitrogen and oxygen atoms in total. The molecule has 0 saturated heterocycles. The third-order valence-corrected chi connectivity index (χ3v) is 2.83. The molecule has 1 aromatic carbocycles. The molecule has 0 bridgehead atoms. The maximum Gasteiger partial charge on any atom is 0.290 e. The smallest absolute Gasteiger partial charge is 0.290 e. The molecule has 2 rings (SSSR count). The number of nitrogens with zero attached hydrogens (tertiary/aromatic N) is 2. The Hall–Kier alpha value is -2.47. The van der Waals surface area contributed by atoms with Gasteiger partial charge in [0.1, 0.15) is 11.9 Å². The normalized spacial score (nSPS) is 10.3.